The smallest absolute Gasteiger partial charge is 0.311 e. The summed E-state index contributed by atoms with van der Waals surface area (Å²) in [5.74, 6) is -0.614. The zero-order valence-electron chi connectivity index (χ0n) is 10.6. The number of esters is 1. The van der Waals surface area contributed by atoms with E-state index in [1.807, 2.05) is 0 Å². The minimum absolute atomic E-state index is 0.141. The molecule has 0 N–H and O–H groups in total. The summed E-state index contributed by atoms with van der Waals surface area (Å²) in [7, 11) is 2.80. The maximum absolute atomic E-state index is 12.0. The predicted octanol–water partition coefficient (Wildman–Crippen LogP) is 1.38. The van der Waals surface area contributed by atoms with E-state index in [0.717, 1.165) is 0 Å². The summed E-state index contributed by atoms with van der Waals surface area (Å²) in [6.45, 7) is 0.283. The van der Waals surface area contributed by atoms with E-state index in [4.69, 9.17) is 4.74 Å². The molecule has 1 unspecified atom stereocenters. The molecule has 1 aliphatic heterocycles. The highest BCUT2D eigenvalue weighted by atomic mass is 79.9. The van der Waals surface area contributed by atoms with Gasteiger partial charge >= 0.3 is 5.97 Å². The first-order chi connectivity index (χ1) is 9.06. The molecule has 0 bridgehead atoms. The molecule has 19 heavy (non-hydrogen) atoms. The number of rotatable bonds is 3. The summed E-state index contributed by atoms with van der Waals surface area (Å²) in [5, 5.41) is 0. The first-order valence-electron chi connectivity index (χ1n) is 5.65. The average Bonchev–Trinajstić information content (AvgIpc) is 2.79. The van der Waals surface area contributed by atoms with Crippen LogP contribution in [0.15, 0.2) is 16.7 Å². The van der Waals surface area contributed by atoms with Crippen LogP contribution < -0.4 is 9.64 Å². The Hall–Kier alpha value is -1.63. The number of aromatic nitrogens is 1. The highest BCUT2D eigenvalue weighted by Crippen LogP contribution is 2.33. The van der Waals surface area contributed by atoms with Crippen LogP contribution in [0.25, 0.3) is 0 Å². The van der Waals surface area contributed by atoms with Crippen molar-refractivity contribution in [3.8, 4) is 5.88 Å². The van der Waals surface area contributed by atoms with Crippen molar-refractivity contribution in [2.24, 2.45) is 5.92 Å². The standard InChI is InChI=1S/C12H13BrN2O4/c1-18-11-8(3-4-9(13)14-11)15-6-7(5-10(15)16)12(17)19-2/h3-4,7H,5-6H2,1-2H3. The molecule has 0 aromatic carbocycles. The predicted molar refractivity (Wildman–Crippen MR) is 71.0 cm³/mol. The first kappa shape index (κ1) is 13.8. The maximum Gasteiger partial charge on any atom is 0.311 e. The Balaban J connectivity index is 2.28. The van der Waals surface area contributed by atoms with Crippen molar-refractivity contribution in [3.63, 3.8) is 0 Å². The van der Waals surface area contributed by atoms with E-state index in [2.05, 4.69) is 25.7 Å². The molecule has 1 amide bonds. The quantitative estimate of drug-likeness (QED) is 0.619. The Morgan fingerprint density at radius 1 is 1.47 bits per heavy atom. The molecular weight excluding hydrogens is 316 g/mol. The van der Waals surface area contributed by atoms with Crippen molar-refractivity contribution in [2.45, 2.75) is 6.42 Å². The lowest BCUT2D eigenvalue weighted by molar-refractivity contribution is -0.145. The molecule has 1 atom stereocenters. The monoisotopic (exact) mass is 328 g/mol. The third-order valence-corrected chi connectivity index (χ3v) is 3.39. The molecule has 1 fully saturated rings. The molecule has 0 spiro atoms. The van der Waals surface area contributed by atoms with Crippen LogP contribution in [-0.4, -0.2) is 37.6 Å². The number of pyridine rings is 1. The number of anilines is 1. The number of ether oxygens (including phenoxy) is 2. The number of carbonyl (C=O) groups is 2. The van der Waals surface area contributed by atoms with Crippen LogP contribution >= 0.6 is 15.9 Å². The molecule has 1 saturated heterocycles. The normalized spacial score (nSPS) is 18.6. The van der Waals surface area contributed by atoms with Crippen LogP contribution in [0.3, 0.4) is 0 Å². The number of carbonyl (C=O) groups excluding carboxylic acids is 2. The van der Waals surface area contributed by atoms with Crippen molar-refractivity contribution in [3.05, 3.63) is 16.7 Å². The lowest BCUT2D eigenvalue weighted by Gasteiger charge is -2.18. The van der Waals surface area contributed by atoms with E-state index in [9.17, 15) is 9.59 Å². The van der Waals surface area contributed by atoms with Gasteiger partial charge in [-0.25, -0.2) is 4.98 Å². The van der Waals surface area contributed by atoms with E-state index in [-0.39, 0.29) is 24.8 Å². The number of amides is 1. The van der Waals surface area contributed by atoms with Crippen LogP contribution in [-0.2, 0) is 14.3 Å². The fourth-order valence-electron chi connectivity index (χ4n) is 2.03. The number of nitrogens with zero attached hydrogens (tertiary/aromatic N) is 2. The van der Waals surface area contributed by atoms with Crippen LogP contribution in [0.1, 0.15) is 6.42 Å². The SMILES string of the molecule is COC(=O)C1CC(=O)N(c2ccc(Br)nc2OC)C1. The summed E-state index contributed by atoms with van der Waals surface area (Å²) in [5.41, 5.74) is 0.558. The van der Waals surface area contributed by atoms with Gasteiger partial charge in [0.25, 0.3) is 0 Å². The molecule has 2 heterocycles. The summed E-state index contributed by atoms with van der Waals surface area (Å²) in [6.07, 6.45) is 0.145. The number of hydrogen-bond donors (Lipinski definition) is 0. The van der Waals surface area contributed by atoms with Gasteiger partial charge < -0.3 is 14.4 Å². The summed E-state index contributed by atoms with van der Waals surface area (Å²) in [6, 6.07) is 3.45. The molecule has 102 valence electrons. The molecule has 6 nitrogen and oxygen atoms in total. The lowest BCUT2D eigenvalue weighted by atomic mass is 10.1. The van der Waals surface area contributed by atoms with E-state index in [1.165, 1.54) is 19.1 Å². The second kappa shape index (κ2) is 5.56. The molecule has 2 rings (SSSR count). The summed E-state index contributed by atoms with van der Waals surface area (Å²) >= 11 is 3.24. The highest BCUT2D eigenvalue weighted by Gasteiger charge is 2.37. The van der Waals surface area contributed by atoms with Crippen LogP contribution in [0.2, 0.25) is 0 Å². The Kier molecular flexibility index (Phi) is 4.04. The van der Waals surface area contributed by atoms with Crippen LogP contribution in [0.5, 0.6) is 5.88 Å². The Morgan fingerprint density at radius 3 is 2.84 bits per heavy atom. The van der Waals surface area contributed by atoms with E-state index < -0.39 is 5.92 Å². The van der Waals surface area contributed by atoms with Crippen LogP contribution in [0, 0.1) is 5.92 Å². The minimum Gasteiger partial charge on any atom is -0.479 e. The van der Waals surface area contributed by atoms with Gasteiger partial charge in [-0.2, -0.15) is 0 Å². The topological polar surface area (TPSA) is 68.7 Å². The van der Waals surface area contributed by atoms with Crippen molar-refractivity contribution in [2.75, 3.05) is 25.7 Å². The highest BCUT2D eigenvalue weighted by molar-refractivity contribution is 9.10. The fourth-order valence-corrected chi connectivity index (χ4v) is 2.32. The van der Waals surface area contributed by atoms with Crippen molar-refractivity contribution in [1.29, 1.82) is 0 Å². The zero-order chi connectivity index (χ0) is 14.0. The van der Waals surface area contributed by atoms with Gasteiger partial charge in [0.15, 0.2) is 0 Å². The Morgan fingerprint density at radius 2 is 2.21 bits per heavy atom. The molecule has 0 aliphatic carbocycles. The van der Waals surface area contributed by atoms with E-state index in [1.54, 1.807) is 12.1 Å². The van der Waals surface area contributed by atoms with E-state index in [0.29, 0.717) is 16.2 Å². The van der Waals surface area contributed by atoms with Crippen molar-refractivity contribution < 1.29 is 19.1 Å². The molecular formula is C12H13BrN2O4. The second-order valence-corrected chi connectivity index (χ2v) is 4.90. The second-order valence-electron chi connectivity index (χ2n) is 4.09. The molecule has 1 aromatic heterocycles. The molecule has 7 heteroatoms. The largest absolute Gasteiger partial charge is 0.479 e. The first-order valence-corrected chi connectivity index (χ1v) is 6.45. The third-order valence-electron chi connectivity index (χ3n) is 2.95. The van der Waals surface area contributed by atoms with Crippen molar-refractivity contribution in [1.82, 2.24) is 4.98 Å². The lowest BCUT2D eigenvalue weighted by Crippen LogP contribution is -2.26. The Bertz CT molecular complexity index is 520. The summed E-state index contributed by atoms with van der Waals surface area (Å²) < 4.78 is 10.4. The average molecular weight is 329 g/mol. The fraction of sp³-hybridized carbons (Fsp3) is 0.417. The molecule has 1 aliphatic rings. The van der Waals surface area contributed by atoms with Crippen LogP contribution in [0.4, 0.5) is 5.69 Å². The summed E-state index contributed by atoms with van der Waals surface area (Å²) in [4.78, 5) is 29.1. The Labute approximate surface area is 118 Å². The third kappa shape index (κ3) is 2.70. The maximum atomic E-state index is 12.0. The minimum atomic E-state index is -0.439. The van der Waals surface area contributed by atoms with Gasteiger partial charge in [0.05, 0.1) is 20.1 Å². The van der Waals surface area contributed by atoms with Gasteiger partial charge in [0.1, 0.15) is 10.3 Å². The number of halogens is 1. The van der Waals surface area contributed by atoms with Gasteiger partial charge in [0.2, 0.25) is 11.8 Å². The van der Waals surface area contributed by atoms with Gasteiger partial charge in [-0.15, -0.1) is 0 Å². The molecule has 1 aromatic rings. The van der Waals surface area contributed by atoms with Gasteiger partial charge in [0, 0.05) is 13.0 Å². The number of hydrogen-bond acceptors (Lipinski definition) is 5. The van der Waals surface area contributed by atoms with Gasteiger partial charge in [-0.3, -0.25) is 9.59 Å². The zero-order valence-corrected chi connectivity index (χ0v) is 12.1. The van der Waals surface area contributed by atoms with Gasteiger partial charge in [-0.1, -0.05) is 0 Å². The van der Waals surface area contributed by atoms with Gasteiger partial charge in [-0.05, 0) is 28.1 Å². The van der Waals surface area contributed by atoms with E-state index >= 15 is 0 Å². The molecule has 0 radical (unpaired) electrons. The number of methoxy groups -OCH3 is 2. The molecule has 0 saturated carbocycles. The van der Waals surface area contributed by atoms with Crippen molar-refractivity contribution >= 4 is 33.5 Å².